The van der Waals surface area contributed by atoms with Crippen molar-refractivity contribution in [2.75, 3.05) is 19.6 Å². The number of nitrogens with zero attached hydrogens (tertiary/aromatic N) is 3. The normalized spacial score (nSPS) is 15.0. The molecule has 8 nitrogen and oxygen atoms in total. The molecule has 2 aliphatic rings. The quantitative estimate of drug-likeness (QED) is 0.203. The summed E-state index contributed by atoms with van der Waals surface area (Å²) in [6.45, 7) is 5.53. The number of Topliss-reactive ketones (excluding diaryl/α,β-unsaturated/α-hetero) is 1. The van der Waals surface area contributed by atoms with Crippen LogP contribution in [0.3, 0.4) is 0 Å². The molecule has 45 heavy (non-hydrogen) atoms. The topological polar surface area (TPSA) is 96.1 Å². The number of β-amino-alcohol motifs (C(OH)–C–C–N with tert-alkyl or cyclic N) is 1. The van der Waals surface area contributed by atoms with Crippen molar-refractivity contribution in [1.29, 1.82) is 0 Å². The maximum atomic E-state index is 13.0. The largest absolute Gasteiger partial charge is 0.486 e. The van der Waals surface area contributed by atoms with E-state index in [4.69, 9.17) is 9.15 Å². The van der Waals surface area contributed by atoms with E-state index < -0.39 is 6.10 Å². The molecular formula is C35H38BrN3O5S. The first-order chi connectivity index (χ1) is 21.3. The third-order valence-electron chi connectivity index (χ3n) is 8.58. The van der Waals surface area contributed by atoms with E-state index in [1.54, 1.807) is 0 Å². The number of halogens is 1. The van der Waals surface area contributed by atoms with Crippen molar-refractivity contribution in [3.63, 3.8) is 0 Å². The summed E-state index contributed by atoms with van der Waals surface area (Å²) in [5.41, 5.74) is 6.86. The predicted octanol–water partition coefficient (Wildman–Crippen LogP) is 6.02. The molecule has 6 rings (SSSR count). The summed E-state index contributed by atoms with van der Waals surface area (Å²) >= 11 is 3.41. The summed E-state index contributed by atoms with van der Waals surface area (Å²) < 4.78 is 12.2. The first-order valence-electron chi connectivity index (χ1n) is 15.1. The number of aliphatic hydroxyl groups is 1. The van der Waals surface area contributed by atoms with E-state index in [0.717, 1.165) is 52.3 Å². The fraction of sp³-hybridized carbons (Fsp3) is 0.343. The lowest BCUT2D eigenvalue weighted by atomic mass is 9.94. The number of hydrogen-bond acceptors (Lipinski definition) is 7. The molecule has 1 N–H and O–H groups in total. The van der Waals surface area contributed by atoms with Crippen molar-refractivity contribution in [2.45, 2.75) is 58.4 Å². The van der Waals surface area contributed by atoms with Gasteiger partial charge in [-0.2, -0.15) is 13.5 Å². The highest BCUT2D eigenvalue weighted by Crippen LogP contribution is 2.26. The van der Waals surface area contributed by atoms with Crippen molar-refractivity contribution in [3.8, 4) is 5.75 Å². The summed E-state index contributed by atoms with van der Waals surface area (Å²) in [6.07, 6.45) is 3.16. The number of ether oxygens (including phenoxy) is 1. The summed E-state index contributed by atoms with van der Waals surface area (Å²) in [6, 6.07) is 19.4. The number of ketones is 1. The average molecular weight is 693 g/mol. The summed E-state index contributed by atoms with van der Waals surface area (Å²) in [5.74, 6) is 1.59. The number of oxazole rings is 1. The molecular weight excluding hydrogens is 654 g/mol. The summed E-state index contributed by atoms with van der Waals surface area (Å²) in [7, 11) is 0. The van der Waals surface area contributed by atoms with Gasteiger partial charge in [0.2, 0.25) is 0 Å². The molecule has 10 heteroatoms. The van der Waals surface area contributed by atoms with E-state index in [9.17, 15) is 14.7 Å². The molecule has 0 bridgehead atoms. The number of carbonyl (C=O) groups excluding carboxylic acids is 2. The Balaban J connectivity index is 0.00000400. The second-order valence-corrected chi connectivity index (χ2v) is 12.6. The van der Waals surface area contributed by atoms with Crippen LogP contribution in [0.2, 0.25) is 0 Å². The molecule has 0 saturated heterocycles. The molecule has 236 valence electrons. The standard InChI is InChI=1S/C35H36BrN3O5.H2S/c1-23-34(44-22-37-23)21-43-32-10-6-28-18-38(14-12-26(28)17-32)20-31(40)9-11-33(41)27-2-3-29-19-39(15-13-25(29)16-27)35(42)24-4-7-30(36)8-5-24;/h2-8,10,16-17,22,31,40H,9,11-15,18-21H2,1H3;1H2/t31-;/m0./s1. The summed E-state index contributed by atoms with van der Waals surface area (Å²) in [5, 5.41) is 10.8. The van der Waals surface area contributed by atoms with Gasteiger partial charge >= 0.3 is 0 Å². The zero-order valence-corrected chi connectivity index (χ0v) is 27.9. The highest BCUT2D eigenvalue weighted by Gasteiger charge is 2.24. The number of aryl methyl sites for hydroxylation is 1. The lowest BCUT2D eigenvalue weighted by Crippen LogP contribution is -2.36. The van der Waals surface area contributed by atoms with Gasteiger partial charge in [-0.15, -0.1) is 0 Å². The SMILES string of the molecule is Cc1ncoc1COc1ccc2c(c1)CCN(C[C@@H](O)CCC(=O)c1ccc3c(c1)CCN(C(=O)c1ccc(Br)cc1)C3)C2.S. The van der Waals surface area contributed by atoms with Crippen LogP contribution in [-0.4, -0.2) is 57.3 Å². The Morgan fingerprint density at radius 3 is 2.44 bits per heavy atom. The molecule has 0 radical (unpaired) electrons. The number of carbonyl (C=O) groups is 2. The van der Waals surface area contributed by atoms with E-state index >= 15 is 0 Å². The number of aliphatic hydroxyl groups excluding tert-OH is 1. The van der Waals surface area contributed by atoms with E-state index in [1.165, 1.54) is 17.5 Å². The minimum atomic E-state index is -0.580. The molecule has 1 atom stereocenters. The Morgan fingerprint density at radius 1 is 0.956 bits per heavy atom. The van der Waals surface area contributed by atoms with Crippen molar-refractivity contribution < 1.29 is 23.8 Å². The second-order valence-electron chi connectivity index (χ2n) is 11.6. The van der Waals surface area contributed by atoms with Gasteiger partial charge in [0, 0.05) is 54.7 Å². The third-order valence-corrected chi connectivity index (χ3v) is 9.10. The Morgan fingerprint density at radius 2 is 1.67 bits per heavy atom. The molecule has 0 aliphatic carbocycles. The maximum absolute atomic E-state index is 13.0. The van der Waals surface area contributed by atoms with Gasteiger partial charge in [-0.05, 0) is 90.9 Å². The Kier molecular flexibility index (Phi) is 10.8. The first kappa shape index (κ1) is 32.9. The molecule has 1 aromatic heterocycles. The number of hydrogen-bond donors (Lipinski definition) is 1. The third kappa shape index (κ3) is 8.05. The number of rotatable bonds is 10. The van der Waals surface area contributed by atoms with Crippen LogP contribution in [0, 0.1) is 6.92 Å². The number of amides is 1. The van der Waals surface area contributed by atoms with Crippen molar-refractivity contribution >= 4 is 41.1 Å². The van der Waals surface area contributed by atoms with Crippen LogP contribution in [0.1, 0.15) is 67.3 Å². The van der Waals surface area contributed by atoms with Gasteiger partial charge in [0.05, 0.1) is 11.8 Å². The lowest BCUT2D eigenvalue weighted by molar-refractivity contribution is 0.0734. The molecule has 0 saturated carbocycles. The highest BCUT2D eigenvalue weighted by atomic mass is 79.9. The van der Waals surface area contributed by atoms with Gasteiger partial charge in [-0.3, -0.25) is 14.5 Å². The minimum absolute atomic E-state index is 0. The molecule has 0 spiro atoms. The van der Waals surface area contributed by atoms with E-state index in [1.807, 2.05) is 60.4 Å². The first-order valence-corrected chi connectivity index (χ1v) is 15.9. The smallest absolute Gasteiger partial charge is 0.254 e. The van der Waals surface area contributed by atoms with Gasteiger partial charge in [0.15, 0.2) is 17.9 Å². The van der Waals surface area contributed by atoms with Gasteiger partial charge in [0.25, 0.3) is 5.91 Å². The van der Waals surface area contributed by atoms with Crippen molar-refractivity contribution in [3.05, 3.63) is 116 Å². The fourth-order valence-electron chi connectivity index (χ4n) is 5.95. The monoisotopic (exact) mass is 691 g/mol. The van der Waals surface area contributed by atoms with Crippen LogP contribution in [0.5, 0.6) is 5.75 Å². The van der Waals surface area contributed by atoms with Gasteiger partial charge in [-0.25, -0.2) is 4.98 Å². The number of benzene rings is 3. The van der Waals surface area contributed by atoms with Gasteiger partial charge in [-0.1, -0.05) is 34.1 Å². The fourth-order valence-corrected chi connectivity index (χ4v) is 6.22. The lowest BCUT2D eigenvalue weighted by Gasteiger charge is -2.30. The molecule has 3 heterocycles. The predicted molar refractivity (Wildman–Crippen MR) is 180 cm³/mol. The van der Waals surface area contributed by atoms with Crippen molar-refractivity contribution in [2.24, 2.45) is 0 Å². The molecule has 1 amide bonds. The van der Waals surface area contributed by atoms with E-state index in [-0.39, 0.29) is 25.2 Å². The minimum Gasteiger partial charge on any atom is -0.486 e. The van der Waals surface area contributed by atoms with Gasteiger partial charge < -0.3 is 19.2 Å². The summed E-state index contributed by atoms with van der Waals surface area (Å²) in [4.78, 5) is 34.2. The molecule has 0 unspecified atom stereocenters. The Hall–Kier alpha value is -3.44. The zero-order chi connectivity index (χ0) is 30.6. The average Bonchev–Trinajstić information content (AvgIpc) is 3.46. The van der Waals surface area contributed by atoms with Crippen molar-refractivity contribution in [1.82, 2.24) is 14.8 Å². The number of fused-ring (bicyclic) bond motifs is 2. The molecule has 0 fully saturated rings. The Labute approximate surface area is 279 Å². The van der Waals surface area contributed by atoms with Gasteiger partial charge in [0.1, 0.15) is 12.4 Å². The highest BCUT2D eigenvalue weighted by molar-refractivity contribution is 9.10. The number of aromatic nitrogens is 1. The Bertz CT molecular complexity index is 1660. The van der Waals surface area contributed by atoms with E-state index in [0.29, 0.717) is 56.6 Å². The second kappa shape index (κ2) is 14.8. The molecule has 3 aromatic carbocycles. The van der Waals surface area contributed by atoms with E-state index in [2.05, 4.69) is 37.9 Å². The maximum Gasteiger partial charge on any atom is 0.254 e. The molecule has 2 aliphatic heterocycles. The molecule has 4 aromatic rings. The zero-order valence-electron chi connectivity index (χ0n) is 25.3. The van der Waals surface area contributed by atoms with Crippen LogP contribution in [-0.2, 0) is 32.5 Å². The van der Waals surface area contributed by atoms with Crippen LogP contribution in [0.15, 0.2) is 75.9 Å². The van der Waals surface area contributed by atoms with Crippen LogP contribution < -0.4 is 4.74 Å². The van der Waals surface area contributed by atoms with Crippen LogP contribution in [0.4, 0.5) is 0 Å². The van der Waals surface area contributed by atoms with Crippen LogP contribution >= 0.6 is 29.4 Å². The van der Waals surface area contributed by atoms with Crippen LogP contribution in [0.25, 0.3) is 0 Å².